The molecule has 3 heteroatoms. The Morgan fingerprint density at radius 3 is 2.36 bits per heavy atom. The van der Waals surface area contributed by atoms with E-state index >= 15 is 0 Å². The zero-order valence-electron chi connectivity index (χ0n) is 8.87. The van der Waals surface area contributed by atoms with Crippen LogP contribution in [0.4, 0.5) is 0 Å². The van der Waals surface area contributed by atoms with E-state index in [-0.39, 0.29) is 0 Å². The molecule has 0 saturated carbocycles. The number of aliphatic hydroxyl groups is 1. The van der Waals surface area contributed by atoms with Crippen LogP contribution in [0.2, 0.25) is 0 Å². The first kappa shape index (κ1) is 10.4. The van der Waals surface area contributed by atoms with E-state index in [4.69, 9.17) is 4.74 Å². The molecule has 2 rings (SSSR count). The molecule has 0 spiro atoms. The van der Waals surface area contributed by atoms with Crippen LogP contribution in [0.5, 0.6) is 0 Å². The van der Waals surface area contributed by atoms with Gasteiger partial charge in [-0.05, 0) is 25.9 Å². The predicted octanol–water partition coefficient (Wildman–Crippen LogP) is 1.01. The summed E-state index contributed by atoms with van der Waals surface area (Å²) in [5.74, 6) is 0. The minimum atomic E-state index is -0.463. The Balaban J connectivity index is 1.81. The van der Waals surface area contributed by atoms with Crippen LogP contribution in [0.3, 0.4) is 0 Å². The van der Waals surface area contributed by atoms with Gasteiger partial charge in [-0.25, -0.2) is 0 Å². The molecule has 2 aliphatic rings. The lowest BCUT2D eigenvalue weighted by molar-refractivity contribution is -0.0815. The summed E-state index contributed by atoms with van der Waals surface area (Å²) in [6, 6.07) is 0. The van der Waals surface area contributed by atoms with Gasteiger partial charge in [0.15, 0.2) is 0 Å². The summed E-state index contributed by atoms with van der Waals surface area (Å²) in [6.07, 6.45) is 5.57. The first-order valence-corrected chi connectivity index (χ1v) is 5.81. The second kappa shape index (κ2) is 4.60. The topological polar surface area (TPSA) is 32.7 Å². The lowest BCUT2D eigenvalue weighted by Gasteiger charge is -2.38. The minimum Gasteiger partial charge on any atom is -0.388 e. The first-order chi connectivity index (χ1) is 6.79. The Labute approximate surface area is 86.0 Å². The number of ether oxygens (including phenoxy) is 1. The van der Waals surface area contributed by atoms with Crippen LogP contribution in [0.25, 0.3) is 0 Å². The van der Waals surface area contributed by atoms with Crippen molar-refractivity contribution in [1.29, 1.82) is 0 Å². The quantitative estimate of drug-likeness (QED) is 0.720. The van der Waals surface area contributed by atoms with Crippen LogP contribution >= 0.6 is 0 Å². The van der Waals surface area contributed by atoms with E-state index in [0.29, 0.717) is 0 Å². The number of hydrogen-bond acceptors (Lipinski definition) is 3. The Morgan fingerprint density at radius 1 is 1.07 bits per heavy atom. The van der Waals surface area contributed by atoms with E-state index < -0.39 is 5.60 Å². The van der Waals surface area contributed by atoms with Crippen LogP contribution in [0.15, 0.2) is 0 Å². The highest BCUT2D eigenvalue weighted by atomic mass is 16.5. The molecule has 0 bridgehead atoms. The molecule has 0 amide bonds. The van der Waals surface area contributed by atoms with Gasteiger partial charge in [-0.2, -0.15) is 0 Å². The van der Waals surface area contributed by atoms with E-state index in [1.165, 1.54) is 32.4 Å². The molecule has 14 heavy (non-hydrogen) atoms. The molecule has 0 atom stereocenters. The number of hydrogen-bond donors (Lipinski definition) is 1. The van der Waals surface area contributed by atoms with Crippen LogP contribution in [-0.2, 0) is 4.74 Å². The van der Waals surface area contributed by atoms with E-state index in [1.807, 2.05) is 0 Å². The molecule has 82 valence electrons. The minimum absolute atomic E-state index is 0.463. The molecule has 0 unspecified atom stereocenters. The van der Waals surface area contributed by atoms with Gasteiger partial charge < -0.3 is 14.7 Å². The largest absolute Gasteiger partial charge is 0.388 e. The Hall–Kier alpha value is -0.120. The van der Waals surface area contributed by atoms with Gasteiger partial charge >= 0.3 is 0 Å². The molecule has 2 heterocycles. The van der Waals surface area contributed by atoms with Gasteiger partial charge in [0.05, 0.1) is 5.60 Å². The van der Waals surface area contributed by atoms with Gasteiger partial charge in [0.1, 0.15) is 0 Å². The zero-order valence-corrected chi connectivity index (χ0v) is 8.87. The van der Waals surface area contributed by atoms with Crippen molar-refractivity contribution in [2.75, 3.05) is 32.8 Å². The second-order valence-corrected chi connectivity index (χ2v) is 4.67. The molecule has 2 fully saturated rings. The van der Waals surface area contributed by atoms with Crippen molar-refractivity contribution in [1.82, 2.24) is 4.90 Å². The number of nitrogens with zero attached hydrogens (tertiary/aromatic N) is 1. The average molecular weight is 199 g/mol. The van der Waals surface area contributed by atoms with Crippen molar-refractivity contribution in [3.63, 3.8) is 0 Å². The molecular weight excluding hydrogens is 178 g/mol. The normalized spacial score (nSPS) is 28.9. The smallest absolute Gasteiger partial charge is 0.0817 e. The monoisotopic (exact) mass is 199 g/mol. The Kier molecular flexibility index (Phi) is 3.42. The molecule has 3 nitrogen and oxygen atoms in total. The van der Waals surface area contributed by atoms with Crippen LogP contribution < -0.4 is 0 Å². The van der Waals surface area contributed by atoms with Gasteiger partial charge in [-0.3, -0.25) is 0 Å². The first-order valence-electron chi connectivity index (χ1n) is 5.81. The highest BCUT2D eigenvalue weighted by molar-refractivity contribution is 4.85. The van der Waals surface area contributed by atoms with Crippen molar-refractivity contribution in [2.45, 2.75) is 37.7 Å². The summed E-state index contributed by atoms with van der Waals surface area (Å²) in [4.78, 5) is 2.41. The van der Waals surface area contributed by atoms with Gasteiger partial charge in [-0.1, -0.05) is 6.42 Å². The molecule has 0 aromatic heterocycles. The Morgan fingerprint density at radius 2 is 1.71 bits per heavy atom. The van der Waals surface area contributed by atoms with Crippen LogP contribution in [-0.4, -0.2) is 48.5 Å². The fourth-order valence-electron chi connectivity index (χ4n) is 2.44. The molecule has 0 aliphatic carbocycles. The van der Waals surface area contributed by atoms with Crippen molar-refractivity contribution in [3.05, 3.63) is 0 Å². The van der Waals surface area contributed by atoms with Crippen molar-refractivity contribution < 1.29 is 9.84 Å². The fraction of sp³-hybridized carbons (Fsp3) is 1.00. The van der Waals surface area contributed by atoms with Gasteiger partial charge in [-0.15, -0.1) is 0 Å². The molecule has 1 N–H and O–H groups in total. The van der Waals surface area contributed by atoms with Crippen molar-refractivity contribution in [3.8, 4) is 0 Å². The number of β-amino-alcohol motifs (C(OH)–C–C–N with tert-alkyl or cyclic N) is 1. The van der Waals surface area contributed by atoms with Crippen molar-refractivity contribution >= 4 is 0 Å². The molecule has 0 aromatic carbocycles. The number of piperidine rings is 1. The molecule has 2 aliphatic heterocycles. The van der Waals surface area contributed by atoms with Crippen LogP contribution in [0.1, 0.15) is 32.1 Å². The molecule has 0 radical (unpaired) electrons. The number of likely N-dealkylation sites (tertiary alicyclic amines) is 1. The van der Waals surface area contributed by atoms with E-state index in [0.717, 1.165) is 32.6 Å². The average Bonchev–Trinajstić information content (AvgIpc) is 2.19. The highest BCUT2D eigenvalue weighted by Crippen LogP contribution is 2.23. The molecular formula is C11H21NO2. The maximum absolute atomic E-state index is 10.3. The lowest BCUT2D eigenvalue weighted by Crippen LogP contribution is -2.48. The third kappa shape index (κ3) is 2.69. The van der Waals surface area contributed by atoms with Gasteiger partial charge in [0, 0.05) is 32.6 Å². The summed E-state index contributed by atoms with van der Waals surface area (Å²) >= 11 is 0. The van der Waals surface area contributed by atoms with E-state index in [2.05, 4.69) is 4.90 Å². The second-order valence-electron chi connectivity index (χ2n) is 4.67. The maximum atomic E-state index is 10.3. The van der Waals surface area contributed by atoms with Gasteiger partial charge in [0.2, 0.25) is 0 Å². The summed E-state index contributed by atoms with van der Waals surface area (Å²) in [5, 5.41) is 10.3. The third-order valence-corrected chi connectivity index (χ3v) is 3.39. The summed E-state index contributed by atoms with van der Waals surface area (Å²) in [5.41, 5.74) is -0.463. The van der Waals surface area contributed by atoms with E-state index in [1.54, 1.807) is 0 Å². The third-order valence-electron chi connectivity index (χ3n) is 3.39. The highest BCUT2D eigenvalue weighted by Gasteiger charge is 2.32. The predicted molar refractivity (Wildman–Crippen MR) is 55.3 cm³/mol. The number of rotatable bonds is 2. The summed E-state index contributed by atoms with van der Waals surface area (Å²) in [7, 11) is 0. The SMILES string of the molecule is OC1(CN2CCCCC2)CCOCC1. The van der Waals surface area contributed by atoms with Gasteiger partial charge in [0.25, 0.3) is 0 Å². The summed E-state index contributed by atoms with van der Waals surface area (Å²) in [6.45, 7) is 4.65. The maximum Gasteiger partial charge on any atom is 0.0817 e. The van der Waals surface area contributed by atoms with Crippen LogP contribution in [0, 0.1) is 0 Å². The standard InChI is InChI=1S/C11H21NO2/c13-11(4-8-14-9-5-11)10-12-6-2-1-3-7-12/h13H,1-10H2. The fourth-order valence-corrected chi connectivity index (χ4v) is 2.44. The molecule has 2 saturated heterocycles. The molecule has 0 aromatic rings. The Bertz CT molecular complexity index is 172. The van der Waals surface area contributed by atoms with Crippen molar-refractivity contribution in [2.24, 2.45) is 0 Å². The van der Waals surface area contributed by atoms with E-state index in [9.17, 15) is 5.11 Å². The lowest BCUT2D eigenvalue weighted by atomic mass is 9.93. The zero-order chi connectivity index (χ0) is 9.86. The summed E-state index contributed by atoms with van der Waals surface area (Å²) < 4.78 is 5.28.